The average molecular weight is 506 g/mol. The quantitative estimate of drug-likeness (QED) is 0.423. The van der Waals surface area contributed by atoms with Gasteiger partial charge in [0.1, 0.15) is 11.6 Å². The average Bonchev–Trinajstić information content (AvgIpc) is 2.89. The molecule has 1 aliphatic heterocycles. The molecular weight excluding hydrogens is 473 g/mol. The van der Waals surface area contributed by atoms with Gasteiger partial charge in [-0.3, -0.25) is 4.79 Å². The number of amides is 3. The van der Waals surface area contributed by atoms with Gasteiger partial charge in [-0.15, -0.1) is 0 Å². The number of methoxy groups -OCH3 is 1. The molecule has 1 aliphatic rings. The molecule has 0 radical (unpaired) electrons. The molecule has 194 valence electrons. The van der Waals surface area contributed by atoms with Crippen LogP contribution in [0.2, 0.25) is 0 Å². The Kier molecular flexibility index (Phi) is 8.12. The van der Waals surface area contributed by atoms with E-state index in [-0.39, 0.29) is 17.6 Å². The van der Waals surface area contributed by atoms with Gasteiger partial charge in [-0.2, -0.15) is 0 Å². The zero-order chi connectivity index (χ0) is 26.4. The van der Waals surface area contributed by atoms with Gasteiger partial charge in [0.15, 0.2) is 0 Å². The maximum atomic E-state index is 13.9. The molecule has 1 heterocycles. The highest BCUT2D eigenvalue weighted by molar-refractivity contribution is 6.04. The van der Waals surface area contributed by atoms with Gasteiger partial charge in [-0.25, -0.2) is 9.18 Å². The van der Waals surface area contributed by atoms with Gasteiger partial charge in [-0.05, 0) is 56.3 Å². The molecule has 0 spiro atoms. The van der Waals surface area contributed by atoms with Crippen LogP contribution in [0.4, 0.5) is 31.9 Å². The summed E-state index contributed by atoms with van der Waals surface area (Å²) in [5.74, 6) is 0.0737. The number of nitrogens with zero attached hydrogens (tertiary/aromatic N) is 2. The summed E-state index contributed by atoms with van der Waals surface area (Å²) in [6.45, 7) is 6.73. The second kappa shape index (κ2) is 11.6. The fourth-order valence-electron chi connectivity index (χ4n) is 4.34. The predicted octanol–water partition coefficient (Wildman–Crippen LogP) is 4.94. The van der Waals surface area contributed by atoms with E-state index in [4.69, 9.17) is 4.74 Å². The zero-order valence-corrected chi connectivity index (χ0v) is 21.3. The summed E-state index contributed by atoms with van der Waals surface area (Å²) in [5, 5.41) is 8.14. The van der Waals surface area contributed by atoms with Crippen LogP contribution < -0.4 is 30.5 Å². The Labute approximate surface area is 216 Å². The second-order valence-corrected chi connectivity index (χ2v) is 9.07. The number of benzene rings is 3. The molecule has 3 aromatic rings. The molecule has 1 fully saturated rings. The molecule has 0 bridgehead atoms. The summed E-state index contributed by atoms with van der Waals surface area (Å²) in [6, 6.07) is 18.5. The lowest BCUT2D eigenvalue weighted by Gasteiger charge is -2.38. The smallest absolute Gasteiger partial charge is 0.323 e. The third-order valence-electron chi connectivity index (χ3n) is 6.09. The third kappa shape index (κ3) is 6.30. The number of hydrogen-bond acceptors (Lipinski definition) is 5. The van der Waals surface area contributed by atoms with Gasteiger partial charge in [0.2, 0.25) is 0 Å². The Morgan fingerprint density at radius 1 is 0.865 bits per heavy atom. The van der Waals surface area contributed by atoms with Crippen LogP contribution in [-0.2, 0) is 0 Å². The topological polar surface area (TPSA) is 85.9 Å². The molecule has 9 heteroatoms. The number of urea groups is 1. The first-order valence-electron chi connectivity index (χ1n) is 12.3. The zero-order valence-electron chi connectivity index (χ0n) is 21.3. The van der Waals surface area contributed by atoms with E-state index in [2.05, 4.69) is 25.8 Å². The molecule has 4 rings (SSSR count). The summed E-state index contributed by atoms with van der Waals surface area (Å²) < 4.78 is 19.4. The maximum absolute atomic E-state index is 13.9. The fraction of sp³-hybridized carbons (Fsp3) is 0.286. The van der Waals surface area contributed by atoms with Crippen molar-refractivity contribution in [2.24, 2.45) is 0 Å². The Morgan fingerprint density at radius 2 is 1.51 bits per heavy atom. The van der Waals surface area contributed by atoms with E-state index in [0.29, 0.717) is 24.3 Å². The molecule has 1 saturated heterocycles. The number of hydrogen-bond donors (Lipinski definition) is 3. The maximum Gasteiger partial charge on any atom is 0.323 e. The van der Waals surface area contributed by atoms with Crippen molar-refractivity contribution in [3.8, 4) is 5.75 Å². The lowest BCUT2D eigenvalue weighted by molar-refractivity contribution is 0.0943. The summed E-state index contributed by atoms with van der Waals surface area (Å²) >= 11 is 0. The van der Waals surface area contributed by atoms with Crippen molar-refractivity contribution in [3.63, 3.8) is 0 Å². The highest BCUT2D eigenvalue weighted by atomic mass is 19.1. The van der Waals surface area contributed by atoms with Gasteiger partial charge < -0.3 is 30.5 Å². The van der Waals surface area contributed by atoms with Gasteiger partial charge >= 0.3 is 6.03 Å². The molecule has 0 saturated carbocycles. The van der Waals surface area contributed by atoms with Gasteiger partial charge in [0.25, 0.3) is 5.91 Å². The highest BCUT2D eigenvalue weighted by Crippen LogP contribution is 2.31. The lowest BCUT2D eigenvalue weighted by atomic mass is 10.1. The molecule has 3 N–H and O–H groups in total. The summed E-state index contributed by atoms with van der Waals surface area (Å²) in [7, 11) is 1.67. The van der Waals surface area contributed by atoms with E-state index in [1.807, 2.05) is 44.2 Å². The van der Waals surface area contributed by atoms with Crippen LogP contribution >= 0.6 is 0 Å². The third-order valence-corrected chi connectivity index (χ3v) is 6.09. The second-order valence-electron chi connectivity index (χ2n) is 9.07. The number of carbonyl (C=O) groups excluding carboxylic acids is 2. The SMILES string of the molecule is COc1ccccc1N1CCN(c2ccc(NC(=O)Nc3ccccc3F)cc2C(=O)NC(C)C)CC1. The van der Waals surface area contributed by atoms with Crippen molar-refractivity contribution in [2.75, 3.05) is 53.7 Å². The van der Waals surface area contributed by atoms with Gasteiger partial charge in [0, 0.05) is 43.6 Å². The minimum absolute atomic E-state index is 0.0521. The summed E-state index contributed by atoms with van der Waals surface area (Å²) in [5.41, 5.74) is 2.80. The summed E-state index contributed by atoms with van der Waals surface area (Å²) in [6.07, 6.45) is 0. The number of ether oxygens (including phenoxy) is 1. The monoisotopic (exact) mass is 505 g/mol. The van der Waals surface area contributed by atoms with Crippen molar-refractivity contribution in [2.45, 2.75) is 19.9 Å². The van der Waals surface area contributed by atoms with Crippen LogP contribution in [0.5, 0.6) is 5.75 Å². The van der Waals surface area contributed by atoms with Crippen LogP contribution in [0, 0.1) is 5.82 Å². The van der Waals surface area contributed by atoms with E-state index in [9.17, 15) is 14.0 Å². The Bertz CT molecular complexity index is 1260. The van der Waals surface area contributed by atoms with Crippen LogP contribution in [-0.4, -0.2) is 51.3 Å². The first-order chi connectivity index (χ1) is 17.9. The molecule has 0 aromatic heterocycles. The number of anilines is 4. The van der Waals surface area contributed by atoms with Crippen LogP contribution in [0.1, 0.15) is 24.2 Å². The first kappa shape index (κ1) is 25.8. The van der Waals surface area contributed by atoms with Crippen LogP contribution in [0.15, 0.2) is 66.7 Å². The van der Waals surface area contributed by atoms with Crippen molar-refractivity contribution in [1.29, 1.82) is 0 Å². The molecule has 0 aliphatic carbocycles. The van der Waals surface area contributed by atoms with Gasteiger partial charge in [0.05, 0.1) is 24.0 Å². The van der Waals surface area contributed by atoms with Crippen LogP contribution in [0.25, 0.3) is 0 Å². The number of nitrogens with one attached hydrogen (secondary N) is 3. The van der Waals surface area contributed by atoms with E-state index < -0.39 is 11.8 Å². The number of para-hydroxylation sites is 3. The minimum Gasteiger partial charge on any atom is -0.495 e. The fourth-order valence-corrected chi connectivity index (χ4v) is 4.34. The molecule has 8 nitrogen and oxygen atoms in total. The lowest BCUT2D eigenvalue weighted by Crippen LogP contribution is -2.47. The van der Waals surface area contributed by atoms with Crippen molar-refractivity contribution >= 4 is 34.7 Å². The van der Waals surface area contributed by atoms with Crippen molar-refractivity contribution in [1.82, 2.24) is 5.32 Å². The molecule has 0 atom stereocenters. The van der Waals surface area contributed by atoms with Gasteiger partial charge in [-0.1, -0.05) is 24.3 Å². The van der Waals surface area contributed by atoms with E-state index >= 15 is 0 Å². The number of carbonyl (C=O) groups is 2. The van der Waals surface area contributed by atoms with Crippen molar-refractivity contribution in [3.05, 3.63) is 78.1 Å². The predicted molar refractivity (Wildman–Crippen MR) is 146 cm³/mol. The van der Waals surface area contributed by atoms with Crippen molar-refractivity contribution < 1.29 is 18.7 Å². The molecule has 3 amide bonds. The Hall–Kier alpha value is -4.27. The number of halogens is 1. The first-order valence-corrected chi connectivity index (χ1v) is 12.3. The number of rotatable bonds is 7. The standard InChI is InChI=1S/C28H32FN5O3/c1-19(2)30-27(35)21-18-20(31-28(36)32-23-9-5-4-8-22(23)29)12-13-24(21)33-14-16-34(17-15-33)25-10-6-7-11-26(25)37-3/h4-13,18-19H,14-17H2,1-3H3,(H,30,35)(H2,31,32,36). The van der Waals surface area contributed by atoms with E-state index in [0.717, 1.165) is 30.2 Å². The molecular formula is C28H32FN5O3. The largest absolute Gasteiger partial charge is 0.495 e. The molecule has 37 heavy (non-hydrogen) atoms. The Balaban J connectivity index is 1.51. The summed E-state index contributed by atoms with van der Waals surface area (Å²) in [4.78, 5) is 30.0. The molecule has 0 unspecified atom stereocenters. The van der Waals surface area contributed by atoms with E-state index in [1.54, 1.807) is 31.4 Å². The van der Waals surface area contributed by atoms with Crippen LogP contribution in [0.3, 0.4) is 0 Å². The Morgan fingerprint density at radius 3 is 2.19 bits per heavy atom. The number of piperazine rings is 1. The minimum atomic E-state index is -0.599. The highest BCUT2D eigenvalue weighted by Gasteiger charge is 2.24. The normalized spacial score (nSPS) is 13.3. The van der Waals surface area contributed by atoms with E-state index in [1.165, 1.54) is 12.1 Å². The molecule has 3 aromatic carbocycles.